The lowest BCUT2D eigenvalue weighted by Gasteiger charge is -2.48. The maximum atomic E-state index is 11.7. The van der Waals surface area contributed by atoms with E-state index in [4.69, 9.17) is 4.74 Å². The largest absolute Gasteiger partial charge is 0.431 e. The van der Waals surface area contributed by atoms with Crippen LogP contribution in [-0.2, 0) is 9.53 Å². The van der Waals surface area contributed by atoms with Gasteiger partial charge in [-0.25, -0.2) is 4.79 Å². The van der Waals surface area contributed by atoms with Gasteiger partial charge in [-0.1, -0.05) is 0 Å². The van der Waals surface area contributed by atoms with Crippen LogP contribution in [0.1, 0.15) is 12.8 Å². The van der Waals surface area contributed by atoms with Crippen molar-refractivity contribution in [3.05, 3.63) is 0 Å². The zero-order valence-corrected chi connectivity index (χ0v) is 7.78. The SMILES string of the molecule is O=C1NC(=O)C2(CN3CCC2CC3)O1. The van der Waals surface area contributed by atoms with E-state index in [1.165, 1.54) is 0 Å². The van der Waals surface area contributed by atoms with Crippen LogP contribution in [0.25, 0.3) is 0 Å². The molecule has 0 saturated carbocycles. The number of hydrogen-bond donors (Lipinski definition) is 1. The number of nitrogens with zero attached hydrogens (tertiary/aromatic N) is 1. The Balaban J connectivity index is 1.96. The quantitative estimate of drug-likeness (QED) is 0.578. The number of ether oxygens (including phenoxy) is 1. The predicted molar refractivity (Wildman–Crippen MR) is 46.5 cm³/mol. The fourth-order valence-corrected chi connectivity index (χ4v) is 2.83. The van der Waals surface area contributed by atoms with E-state index in [0.717, 1.165) is 25.9 Å². The first kappa shape index (κ1) is 8.23. The average molecular weight is 196 g/mol. The Labute approximate surface area is 81.4 Å². The van der Waals surface area contributed by atoms with Crippen LogP contribution >= 0.6 is 0 Å². The third-order valence-electron chi connectivity index (χ3n) is 3.58. The number of hydrogen-bond acceptors (Lipinski definition) is 4. The highest BCUT2D eigenvalue weighted by Crippen LogP contribution is 2.40. The molecule has 4 fully saturated rings. The summed E-state index contributed by atoms with van der Waals surface area (Å²) in [6.07, 6.45) is 1.34. The van der Waals surface area contributed by atoms with Crippen molar-refractivity contribution in [1.29, 1.82) is 0 Å². The van der Waals surface area contributed by atoms with E-state index in [9.17, 15) is 9.59 Å². The highest BCUT2D eigenvalue weighted by atomic mass is 16.6. The number of imide groups is 1. The number of nitrogens with one attached hydrogen (secondary N) is 1. The van der Waals surface area contributed by atoms with Gasteiger partial charge >= 0.3 is 6.09 Å². The zero-order chi connectivity index (χ0) is 9.76. The Morgan fingerprint density at radius 1 is 1.36 bits per heavy atom. The van der Waals surface area contributed by atoms with Gasteiger partial charge in [-0.15, -0.1) is 0 Å². The Kier molecular flexibility index (Phi) is 1.45. The van der Waals surface area contributed by atoms with Crippen molar-refractivity contribution in [2.45, 2.75) is 18.4 Å². The van der Waals surface area contributed by atoms with Gasteiger partial charge in [0.25, 0.3) is 5.91 Å². The van der Waals surface area contributed by atoms with Gasteiger partial charge in [-0.05, 0) is 25.9 Å². The normalized spacial score (nSPS) is 45.4. The van der Waals surface area contributed by atoms with E-state index in [1.54, 1.807) is 0 Å². The molecular formula is C9H12N2O3. The molecule has 5 heteroatoms. The van der Waals surface area contributed by atoms with Crippen molar-refractivity contribution in [1.82, 2.24) is 10.2 Å². The van der Waals surface area contributed by atoms with Crippen LogP contribution in [-0.4, -0.2) is 42.1 Å². The Bertz CT molecular complexity index is 309. The van der Waals surface area contributed by atoms with Crippen LogP contribution in [0.4, 0.5) is 4.79 Å². The first-order valence-electron chi connectivity index (χ1n) is 4.97. The summed E-state index contributed by atoms with van der Waals surface area (Å²) in [7, 11) is 0. The standard InChI is InChI=1S/C9H12N2O3/c12-7-9(14-8(13)10-7)5-11-3-1-6(9)2-4-11/h6H,1-5H2,(H,10,12,13). The molecule has 1 spiro atoms. The topological polar surface area (TPSA) is 58.6 Å². The second-order valence-corrected chi connectivity index (χ2v) is 4.28. The van der Waals surface area contributed by atoms with Crippen LogP contribution in [0.3, 0.4) is 0 Å². The van der Waals surface area contributed by atoms with Gasteiger partial charge in [-0.3, -0.25) is 15.0 Å². The summed E-state index contributed by atoms with van der Waals surface area (Å²) in [6.45, 7) is 2.63. The van der Waals surface area contributed by atoms with Crippen LogP contribution in [0.2, 0.25) is 0 Å². The summed E-state index contributed by atoms with van der Waals surface area (Å²) >= 11 is 0. The zero-order valence-electron chi connectivity index (χ0n) is 7.78. The molecule has 4 rings (SSSR count). The Morgan fingerprint density at radius 2 is 2.07 bits per heavy atom. The fourth-order valence-electron chi connectivity index (χ4n) is 2.83. The van der Waals surface area contributed by atoms with Gasteiger partial charge < -0.3 is 4.74 Å². The molecule has 1 unspecified atom stereocenters. The number of fused-ring (bicyclic) bond motifs is 2. The summed E-state index contributed by atoms with van der Waals surface area (Å²) in [6, 6.07) is 0. The minimum Gasteiger partial charge on any atom is -0.431 e. The summed E-state index contributed by atoms with van der Waals surface area (Å²) in [5.74, 6) is -0.0177. The molecule has 4 aliphatic heterocycles. The summed E-state index contributed by atoms with van der Waals surface area (Å²) in [4.78, 5) is 24.9. The molecule has 4 saturated heterocycles. The lowest BCUT2D eigenvalue weighted by Crippen LogP contribution is -2.62. The molecule has 2 bridgehead atoms. The van der Waals surface area contributed by atoms with E-state index in [1.807, 2.05) is 0 Å². The lowest BCUT2D eigenvalue weighted by molar-refractivity contribution is -0.149. The number of carbonyl (C=O) groups is 2. The molecule has 0 radical (unpaired) electrons. The first-order valence-corrected chi connectivity index (χ1v) is 4.97. The lowest BCUT2D eigenvalue weighted by atomic mass is 9.75. The molecule has 0 aliphatic carbocycles. The monoisotopic (exact) mass is 196 g/mol. The van der Waals surface area contributed by atoms with Gasteiger partial charge in [0.1, 0.15) is 0 Å². The molecule has 0 aromatic carbocycles. The molecule has 5 nitrogen and oxygen atoms in total. The molecular weight excluding hydrogens is 184 g/mol. The van der Waals surface area contributed by atoms with Gasteiger partial charge in [-0.2, -0.15) is 0 Å². The highest BCUT2D eigenvalue weighted by molar-refractivity contribution is 6.03. The van der Waals surface area contributed by atoms with Crippen LogP contribution in [0.15, 0.2) is 0 Å². The number of piperidine rings is 3. The molecule has 14 heavy (non-hydrogen) atoms. The van der Waals surface area contributed by atoms with Crippen molar-refractivity contribution in [2.75, 3.05) is 19.6 Å². The van der Waals surface area contributed by atoms with Crippen molar-refractivity contribution >= 4 is 12.0 Å². The van der Waals surface area contributed by atoms with E-state index < -0.39 is 11.7 Å². The molecule has 4 heterocycles. The third kappa shape index (κ3) is 0.877. The molecule has 4 aliphatic rings. The fraction of sp³-hybridized carbons (Fsp3) is 0.778. The molecule has 0 aromatic heterocycles. The molecule has 2 amide bonds. The highest BCUT2D eigenvalue weighted by Gasteiger charge is 2.58. The van der Waals surface area contributed by atoms with Gasteiger partial charge in [0, 0.05) is 12.5 Å². The number of amides is 2. The van der Waals surface area contributed by atoms with Gasteiger partial charge in [0.15, 0.2) is 0 Å². The second kappa shape index (κ2) is 2.48. The minimum atomic E-state index is -0.854. The Hall–Kier alpha value is -1.10. The van der Waals surface area contributed by atoms with Crippen LogP contribution < -0.4 is 5.32 Å². The van der Waals surface area contributed by atoms with E-state index in [0.29, 0.717) is 6.54 Å². The third-order valence-corrected chi connectivity index (χ3v) is 3.58. The first-order chi connectivity index (χ1) is 6.71. The molecule has 0 aromatic rings. The average Bonchev–Trinajstić information content (AvgIpc) is 2.43. The van der Waals surface area contributed by atoms with Crippen molar-refractivity contribution in [2.24, 2.45) is 5.92 Å². The van der Waals surface area contributed by atoms with Crippen LogP contribution in [0, 0.1) is 5.92 Å². The molecule has 76 valence electrons. The second-order valence-electron chi connectivity index (χ2n) is 4.28. The van der Waals surface area contributed by atoms with Crippen LogP contribution in [0.5, 0.6) is 0 Å². The Morgan fingerprint density at radius 3 is 2.50 bits per heavy atom. The van der Waals surface area contributed by atoms with Gasteiger partial charge in [0.05, 0.1) is 0 Å². The summed E-state index contributed by atoms with van der Waals surface area (Å²) in [5.41, 5.74) is -0.854. The van der Waals surface area contributed by atoms with E-state index in [-0.39, 0.29) is 11.8 Å². The molecule has 1 N–H and O–H groups in total. The predicted octanol–water partition coefficient (Wildman–Crippen LogP) is -0.283. The number of alkyl carbamates (subject to hydrolysis) is 1. The van der Waals surface area contributed by atoms with Gasteiger partial charge in [0.2, 0.25) is 5.60 Å². The summed E-state index contributed by atoms with van der Waals surface area (Å²) in [5, 5.41) is 2.24. The molecule has 1 atom stereocenters. The van der Waals surface area contributed by atoms with E-state index >= 15 is 0 Å². The van der Waals surface area contributed by atoms with E-state index in [2.05, 4.69) is 10.2 Å². The number of rotatable bonds is 0. The number of carbonyl (C=O) groups excluding carboxylic acids is 2. The van der Waals surface area contributed by atoms with Crippen molar-refractivity contribution < 1.29 is 14.3 Å². The maximum Gasteiger partial charge on any atom is 0.415 e. The van der Waals surface area contributed by atoms with Crippen molar-refractivity contribution in [3.63, 3.8) is 0 Å². The summed E-state index contributed by atoms with van der Waals surface area (Å²) < 4.78 is 5.19. The minimum absolute atomic E-state index is 0.221. The van der Waals surface area contributed by atoms with Crippen molar-refractivity contribution in [3.8, 4) is 0 Å². The maximum absolute atomic E-state index is 11.7. The smallest absolute Gasteiger partial charge is 0.415 e.